The van der Waals surface area contributed by atoms with E-state index in [4.69, 9.17) is 5.73 Å². The smallest absolute Gasteiger partial charge is 0.243 e. The van der Waals surface area contributed by atoms with Crippen LogP contribution in [0.3, 0.4) is 0 Å². The molecule has 4 nitrogen and oxygen atoms in total. The van der Waals surface area contributed by atoms with Gasteiger partial charge in [0.1, 0.15) is 5.82 Å². The number of nitrogens with zero attached hydrogens (tertiary/aromatic N) is 1. The lowest BCUT2D eigenvalue weighted by Crippen LogP contribution is -2.28. The van der Waals surface area contributed by atoms with Gasteiger partial charge in [0, 0.05) is 25.7 Å². The second kappa shape index (κ2) is 4.90. The average molecular weight is 246 g/mol. The normalized spacial score (nSPS) is 12.1. The summed E-state index contributed by atoms with van der Waals surface area (Å²) in [5.41, 5.74) is 5.40. The van der Waals surface area contributed by atoms with E-state index in [1.54, 1.807) is 6.92 Å². The zero-order chi connectivity index (χ0) is 12.3. The van der Waals surface area contributed by atoms with Crippen LogP contribution in [-0.2, 0) is 16.6 Å². The van der Waals surface area contributed by atoms with Crippen molar-refractivity contribution in [3.05, 3.63) is 29.6 Å². The molecule has 0 heterocycles. The lowest BCUT2D eigenvalue weighted by molar-refractivity contribution is 0.483. The molecular formula is C10H15FN2O2S. The van der Waals surface area contributed by atoms with Gasteiger partial charge in [-0.25, -0.2) is 17.1 Å². The number of hydrogen-bond acceptors (Lipinski definition) is 3. The molecule has 1 aromatic carbocycles. The van der Waals surface area contributed by atoms with E-state index in [1.807, 2.05) is 0 Å². The number of sulfonamides is 1. The van der Waals surface area contributed by atoms with Crippen LogP contribution < -0.4 is 5.73 Å². The Labute approximate surface area is 94.9 Å². The van der Waals surface area contributed by atoms with Gasteiger partial charge in [-0.2, -0.15) is 0 Å². The van der Waals surface area contributed by atoms with Crippen LogP contribution in [-0.4, -0.2) is 26.3 Å². The largest absolute Gasteiger partial charge is 0.326 e. The Bertz CT molecular complexity index is 474. The maximum Gasteiger partial charge on any atom is 0.243 e. The average Bonchev–Trinajstić information content (AvgIpc) is 2.27. The molecular weight excluding hydrogens is 231 g/mol. The number of nitrogens with two attached hydrogens (primary N) is 1. The fourth-order valence-electron chi connectivity index (χ4n) is 1.32. The summed E-state index contributed by atoms with van der Waals surface area (Å²) in [4.78, 5) is -0.0562. The third-order valence-electron chi connectivity index (χ3n) is 2.41. The Kier molecular flexibility index (Phi) is 4.01. The summed E-state index contributed by atoms with van der Waals surface area (Å²) in [6, 6.07) is 3.94. The zero-order valence-corrected chi connectivity index (χ0v) is 10.1. The number of rotatable bonds is 4. The first-order valence-corrected chi connectivity index (χ1v) is 6.33. The molecule has 0 bridgehead atoms. The molecule has 1 aromatic rings. The van der Waals surface area contributed by atoms with Gasteiger partial charge in [-0.3, -0.25) is 0 Å². The summed E-state index contributed by atoms with van der Waals surface area (Å²) in [6.45, 7) is 1.89. The monoisotopic (exact) mass is 246 g/mol. The third kappa shape index (κ3) is 2.23. The number of benzene rings is 1. The van der Waals surface area contributed by atoms with Gasteiger partial charge in [0.05, 0.1) is 4.90 Å². The Morgan fingerprint density at radius 3 is 2.56 bits per heavy atom. The highest BCUT2D eigenvalue weighted by Gasteiger charge is 2.23. The molecule has 0 radical (unpaired) electrons. The molecule has 0 amide bonds. The standard InChI is InChI=1S/C10H15FN2O2S/c1-3-13(2)16(14,15)10-6-4-5-9(11)8(10)7-12/h4-6H,3,7,12H2,1-2H3. The molecule has 0 atom stereocenters. The maximum absolute atomic E-state index is 13.4. The minimum absolute atomic E-state index is 0.0304. The van der Waals surface area contributed by atoms with Crippen molar-refractivity contribution in [1.29, 1.82) is 0 Å². The summed E-state index contributed by atoms with van der Waals surface area (Å²) >= 11 is 0. The molecule has 0 saturated carbocycles. The lowest BCUT2D eigenvalue weighted by atomic mass is 10.2. The van der Waals surface area contributed by atoms with E-state index in [0.717, 1.165) is 4.31 Å². The van der Waals surface area contributed by atoms with E-state index in [9.17, 15) is 12.8 Å². The van der Waals surface area contributed by atoms with Crippen LogP contribution >= 0.6 is 0 Å². The Morgan fingerprint density at radius 1 is 1.44 bits per heavy atom. The van der Waals surface area contributed by atoms with Gasteiger partial charge in [0.15, 0.2) is 0 Å². The minimum Gasteiger partial charge on any atom is -0.326 e. The first-order chi connectivity index (χ1) is 7.45. The van der Waals surface area contributed by atoms with Gasteiger partial charge in [-0.15, -0.1) is 0 Å². The van der Waals surface area contributed by atoms with E-state index >= 15 is 0 Å². The molecule has 0 unspecified atom stereocenters. The Balaban J connectivity index is 3.39. The highest BCUT2D eigenvalue weighted by molar-refractivity contribution is 7.89. The zero-order valence-electron chi connectivity index (χ0n) is 9.27. The van der Waals surface area contributed by atoms with Crippen molar-refractivity contribution in [2.45, 2.75) is 18.4 Å². The van der Waals surface area contributed by atoms with E-state index in [-0.39, 0.29) is 17.0 Å². The van der Waals surface area contributed by atoms with Gasteiger partial charge >= 0.3 is 0 Å². The molecule has 6 heteroatoms. The fraction of sp³-hybridized carbons (Fsp3) is 0.400. The van der Waals surface area contributed by atoms with Crippen molar-refractivity contribution in [3.8, 4) is 0 Å². The van der Waals surface area contributed by atoms with Gasteiger partial charge in [-0.05, 0) is 12.1 Å². The molecule has 0 aliphatic rings. The first-order valence-electron chi connectivity index (χ1n) is 4.89. The molecule has 16 heavy (non-hydrogen) atoms. The summed E-state index contributed by atoms with van der Waals surface area (Å²) in [5, 5.41) is 0. The van der Waals surface area contributed by atoms with E-state index < -0.39 is 15.8 Å². The Morgan fingerprint density at radius 2 is 2.06 bits per heavy atom. The van der Waals surface area contributed by atoms with Crippen LogP contribution in [0.25, 0.3) is 0 Å². The predicted octanol–water partition coefficient (Wildman–Crippen LogP) is 0.925. The van der Waals surface area contributed by atoms with Crippen LogP contribution in [0.4, 0.5) is 4.39 Å². The summed E-state index contributed by atoms with van der Waals surface area (Å²) in [7, 11) is -2.20. The summed E-state index contributed by atoms with van der Waals surface area (Å²) in [5.74, 6) is -0.590. The van der Waals surface area contributed by atoms with Crippen LogP contribution in [0.2, 0.25) is 0 Å². The van der Waals surface area contributed by atoms with E-state index in [0.29, 0.717) is 6.54 Å². The fourth-order valence-corrected chi connectivity index (χ4v) is 2.73. The molecule has 0 aliphatic carbocycles. The molecule has 2 N–H and O–H groups in total. The third-order valence-corrected chi connectivity index (χ3v) is 4.43. The first kappa shape index (κ1) is 13.1. The van der Waals surface area contributed by atoms with Crippen LogP contribution in [0, 0.1) is 5.82 Å². The number of halogens is 1. The van der Waals surface area contributed by atoms with Crippen molar-refractivity contribution >= 4 is 10.0 Å². The van der Waals surface area contributed by atoms with Crippen LogP contribution in [0.5, 0.6) is 0 Å². The van der Waals surface area contributed by atoms with Gasteiger partial charge in [0.25, 0.3) is 0 Å². The van der Waals surface area contributed by atoms with E-state index in [2.05, 4.69) is 0 Å². The van der Waals surface area contributed by atoms with Crippen molar-refractivity contribution < 1.29 is 12.8 Å². The molecule has 90 valence electrons. The van der Waals surface area contributed by atoms with Gasteiger partial charge in [0.2, 0.25) is 10.0 Å². The maximum atomic E-state index is 13.4. The van der Waals surface area contributed by atoms with Crippen molar-refractivity contribution in [2.24, 2.45) is 5.73 Å². The minimum atomic E-state index is -3.64. The topological polar surface area (TPSA) is 63.4 Å². The molecule has 0 spiro atoms. The van der Waals surface area contributed by atoms with E-state index in [1.165, 1.54) is 25.2 Å². The summed E-state index contributed by atoms with van der Waals surface area (Å²) < 4.78 is 38.5. The highest BCUT2D eigenvalue weighted by atomic mass is 32.2. The van der Waals surface area contributed by atoms with Crippen LogP contribution in [0.1, 0.15) is 12.5 Å². The molecule has 0 saturated heterocycles. The van der Waals surface area contributed by atoms with Gasteiger partial charge in [-0.1, -0.05) is 13.0 Å². The van der Waals surface area contributed by atoms with Gasteiger partial charge < -0.3 is 5.73 Å². The quantitative estimate of drug-likeness (QED) is 0.859. The molecule has 0 aromatic heterocycles. The lowest BCUT2D eigenvalue weighted by Gasteiger charge is -2.17. The SMILES string of the molecule is CCN(C)S(=O)(=O)c1cccc(F)c1CN. The number of hydrogen-bond donors (Lipinski definition) is 1. The van der Waals surface area contributed by atoms with Crippen molar-refractivity contribution in [2.75, 3.05) is 13.6 Å². The second-order valence-corrected chi connectivity index (χ2v) is 5.35. The molecule has 0 aliphatic heterocycles. The second-order valence-electron chi connectivity index (χ2n) is 3.34. The van der Waals surface area contributed by atoms with Crippen molar-refractivity contribution in [3.63, 3.8) is 0 Å². The molecule has 1 rings (SSSR count). The van der Waals surface area contributed by atoms with Crippen molar-refractivity contribution in [1.82, 2.24) is 4.31 Å². The van der Waals surface area contributed by atoms with Crippen LogP contribution in [0.15, 0.2) is 23.1 Å². The Hall–Kier alpha value is -0.980. The highest BCUT2D eigenvalue weighted by Crippen LogP contribution is 2.21. The predicted molar refractivity (Wildman–Crippen MR) is 59.8 cm³/mol. The summed E-state index contributed by atoms with van der Waals surface area (Å²) in [6.07, 6.45) is 0. The molecule has 0 fully saturated rings.